The number of benzene rings is 1. The Morgan fingerprint density at radius 3 is 2.68 bits per heavy atom. The molecule has 5 nitrogen and oxygen atoms in total. The standard InChI is InChI=1S/C14H17N3O2/c1-17(2)14-12(4-3-7-15-14)16-9-10-5-6-11(18)8-13(10)19/h3-8,16,18-19H,9H2,1-2H3. The van der Waals surface area contributed by atoms with E-state index in [1.807, 2.05) is 31.1 Å². The molecule has 0 unspecified atom stereocenters. The van der Waals surface area contributed by atoms with E-state index >= 15 is 0 Å². The normalized spacial score (nSPS) is 10.2. The second-order valence-electron chi connectivity index (χ2n) is 4.44. The first-order valence-electron chi connectivity index (χ1n) is 5.95. The van der Waals surface area contributed by atoms with Gasteiger partial charge in [-0.25, -0.2) is 4.98 Å². The topological polar surface area (TPSA) is 68.6 Å². The molecule has 0 aliphatic heterocycles. The van der Waals surface area contributed by atoms with Crippen LogP contribution in [0.4, 0.5) is 11.5 Å². The second-order valence-corrected chi connectivity index (χ2v) is 4.44. The fourth-order valence-electron chi connectivity index (χ4n) is 1.78. The molecule has 0 radical (unpaired) electrons. The van der Waals surface area contributed by atoms with Gasteiger partial charge in [0.15, 0.2) is 5.82 Å². The summed E-state index contributed by atoms with van der Waals surface area (Å²) in [6.45, 7) is 0.457. The van der Waals surface area contributed by atoms with E-state index in [9.17, 15) is 10.2 Å². The zero-order valence-corrected chi connectivity index (χ0v) is 11.0. The van der Waals surface area contributed by atoms with Crippen LogP contribution in [0.3, 0.4) is 0 Å². The van der Waals surface area contributed by atoms with E-state index in [-0.39, 0.29) is 11.5 Å². The molecule has 0 saturated heterocycles. The highest BCUT2D eigenvalue weighted by Gasteiger charge is 2.06. The van der Waals surface area contributed by atoms with Crippen molar-refractivity contribution >= 4 is 11.5 Å². The summed E-state index contributed by atoms with van der Waals surface area (Å²) in [5.74, 6) is 0.958. The number of phenolic OH excluding ortho intramolecular Hbond substituents is 2. The van der Waals surface area contributed by atoms with Crippen molar-refractivity contribution in [3.8, 4) is 11.5 Å². The molecule has 0 fully saturated rings. The summed E-state index contributed by atoms with van der Waals surface area (Å²) in [6, 6.07) is 8.34. The van der Waals surface area contributed by atoms with E-state index in [4.69, 9.17) is 0 Å². The van der Waals surface area contributed by atoms with Gasteiger partial charge < -0.3 is 20.4 Å². The third-order valence-electron chi connectivity index (χ3n) is 2.75. The fraction of sp³-hybridized carbons (Fsp3) is 0.214. The first-order chi connectivity index (χ1) is 9.08. The minimum atomic E-state index is 0.0524. The number of rotatable bonds is 4. The first-order valence-corrected chi connectivity index (χ1v) is 5.95. The van der Waals surface area contributed by atoms with Crippen LogP contribution in [0.5, 0.6) is 11.5 Å². The van der Waals surface area contributed by atoms with Gasteiger partial charge in [0.05, 0.1) is 5.69 Å². The first kappa shape index (κ1) is 13.0. The smallest absolute Gasteiger partial charge is 0.151 e. The maximum atomic E-state index is 9.72. The number of nitrogens with zero attached hydrogens (tertiary/aromatic N) is 2. The van der Waals surface area contributed by atoms with Crippen molar-refractivity contribution in [3.05, 3.63) is 42.1 Å². The molecule has 2 aromatic rings. The van der Waals surface area contributed by atoms with Crippen LogP contribution >= 0.6 is 0 Å². The zero-order valence-electron chi connectivity index (χ0n) is 11.0. The molecule has 3 N–H and O–H groups in total. The van der Waals surface area contributed by atoms with E-state index in [1.165, 1.54) is 6.07 Å². The molecule has 19 heavy (non-hydrogen) atoms. The molecule has 0 aliphatic carbocycles. The number of hydrogen-bond acceptors (Lipinski definition) is 5. The summed E-state index contributed by atoms with van der Waals surface area (Å²) >= 11 is 0. The third-order valence-corrected chi connectivity index (χ3v) is 2.75. The van der Waals surface area contributed by atoms with Crippen molar-refractivity contribution in [2.24, 2.45) is 0 Å². The van der Waals surface area contributed by atoms with Crippen LogP contribution in [0.1, 0.15) is 5.56 Å². The molecule has 1 aromatic heterocycles. The largest absolute Gasteiger partial charge is 0.508 e. The summed E-state index contributed by atoms with van der Waals surface area (Å²) in [6.07, 6.45) is 1.73. The molecule has 0 saturated carbocycles. The van der Waals surface area contributed by atoms with Crippen LogP contribution in [0.15, 0.2) is 36.5 Å². The maximum absolute atomic E-state index is 9.72. The van der Waals surface area contributed by atoms with Crippen LogP contribution in [0.25, 0.3) is 0 Å². The minimum Gasteiger partial charge on any atom is -0.508 e. The van der Waals surface area contributed by atoms with Crippen LogP contribution in [0.2, 0.25) is 0 Å². The van der Waals surface area contributed by atoms with Gasteiger partial charge in [0.2, 0.25) is 0 Å². The van der Waals surface area contributed by atoms with Crippen molar-refractivity contribution in [1.29, 1.82) is 0 Å². The van der Waals surface area contributed by atoms with Gasteiger partial charge in [0.25, 0.3) is 0 Å². The number of hydrogen-bond donors (Lipinski definition) is 3. The lowest BCUT2D eigenvalue weighted by atomic mass is 10.2. The summed E-state index contributed by atoms with van der Waals surface area (Å²) in [5, 5.41) is 22.2. The fourth-order valence-corrected chi connectivity index (χ4v) is 1.78. The van der Waals surface area contributed by atoms with Gasteiger partial charge in [-0.15, -0.1) is 0 Å². The van der Waals surface area contributed by atoms with Crippen molar-refractivity contribution in [3.63, 3.8) is 0 Å². The number of pyridine rings is 1. The zero-order chi connectivity index (χ0) is 13.8. The van der Waals surface area contributed by atoms with Crippen LogP contribution in [-0.2, 0) is 6.54 Å². The molecular formula is C14H17N3O2. The SMILES string of the molecule is CN(C)c1ncccc1NCc1ccc(O)cc1O. The molecular weight excluding hydrogens is 242 g/mol. The quantitative estimate of drug-likeness (QED) is 0.785. The summed E-state index contributed by atoms with van der Waals surface area (Å²) in [4.78, 5) is 6.20. The van der Waals surface area contributed by atoms with E-state index in [1.54, 1.807) is 18.3 Å². The van der Waals surface area contributed by atoms with Gasteiger partial charge in [-0.05, 0) is 24.3 Å². The number of phenols is 2. The summed E-state index contributed by atoms with van der Waals surface area (Å²) < 4.78 is 0. The Morgan fingerprint density at radius 2 is 2.00 bits per heavy atom. The maximum Gasteiger partial charge on any atom is 0.151 e. The van der Waals surface area contributed by atoms with Crippen molar-refractivity contribution in [2.45, 2.75) is 6.54 Å². The third kappa shape index (κ3) is 3.07. The second kappa shape index (κ2) is 5.48. The molecule has 0 amide bonds. The highest BCUT2D eigenvalue weighted by molar-refractivity contribution is 5.64. The summed E-state index contributed by atoms with van der Waals surface area (Å²) in [7, 11) is 3.84. The van der Waals surface area contributed by atoms with Crippen molar-refractivity contribution in [1.82, 2.24) is 4.98 Å². The Balaban J connectivity index is 2.14. The molecule has 1 aromatic carbocycles. The highest BCUT2D eigenvalue weighted by atomic mass is 16.3. The van der Waals surface area contributed by atoms with Gasteiger partial charge in [-0.3, -0.25) is 0 Å². The Kier molecular flexibility index (Phi) is 3.75. The minimum absolute atomic E-state index is 0.0524. The Bertz CT molecular complexity index is 570. The van der Waals surface area contributed by atoms with E-state index in [2.05, 4.69) is 10.3 Å². The molecule has 0 aliphatic rings. The molecule has 5 heteroatoms. The number of aromatic nitrogens is 1. The Morgan fingerprint density at radius 1 is 1.21 bits per heavy atom. The van der Waals surface area contributed by atoms with Gasteiger partial charge in [-0.1, -0.05) is 0 Å². The lowest BCUT2D eigenvalue weighted by molar-refractivity contribution is 0.446. The van der Waals surface area contributed by atoms with Crippen LogP contribution in [0, 0.1) is 0 Å². The lowest BCUT2D eigenvalue weighted by Gasteiger charge is -2.17. The van der Waals surface area contributed by atoms with Gasteiger partial charge in [0.1, 0.15) is 11.5 Å². The lowest BCUT2D eigenvalue weighted by Crippen LogP contribution is -2.13. The molecule has 100 valence electrons. The van der Waals surface area contributed by atoms with Crippen LogP contribution < -0.4 is 10.2 Å². The van der Waals surface area contributed by atoms with Gasteiger partial charge in [0, 0.05) is 38.5 Å². The van der Waals surface area contributed by atoms with Crippen molar-refractivity contribution in [2.75, 3.05) is 24.3 Å². The monoisotopic (exact) mass is 259 g/mol. The number of nitrogens with one attached hydrogen (secondary N) is 1. The molecule has 0 bridgehead atoms. The van der Waals surface area contributed by atoms with E-state index in [0.717, 1.165) is 11.5 Å². The molecule has 1 heterocycles. The average Bonchev–Trinajstić information content (AvgIpc) is 2.38. The highest BCUT2D eigenvalue weighted by Crippen LogP contribution is 2.25. The predicted molar refractivity (Wildman–Crippen MR) is 75.7 cm³/mol. The number of anilines is 2. The van der Waals surface area contributed by atoms with Crippen LogP contribution in [-0.4, -0.2) is 29.3 Å². The van der Waals surface area contributed by atoms with E-state index < -0.39 is 0 Å². The predicted octanol–water partition coefficient (Wildman–Crippen LogP) is 2.17. The number of aromatic hydroxyl groups is 2. The molecule has 2 rings (SSSR count). The molecule has 0 atom stereocenters. The Labute approximate surface area is 112 Å². The van der Waals surface area contributed by atoms with E-state index in [0.29, 0.717) is 12.1 Å². The van der Waals surface area contributed by atoms with Crippen molar-refractivity contribution < 1.29 is 10.2 Å². The summed E-state index contributed by atoms with van der Waals surface area (Å²) in [5.41, 5.74) is 1.60. The Hall–Kier alpha value is -2.43. The molecule has 0 spiro atoms. The van der Waals surface area contributed by atoms with Gasteiger partial charge in [-0.2, -0.15) is 0 Å². The average molecular weight is 259 g/mol. The van der Waals surface area contributed by atoms with Gasteiger partial charge >= 0.3 is 0 Å².